The molecule has 0 saturated heterocycles. The van der Waals surface area contributed by atoms with Gasteiger partial charge in [-0.15, -0.1) is 0 Å². The number of nitrogens with zero attached hydrogens (tertiary/aromatic N) is 2. The molecule has 0 aliphatic heterocycles. The van der Waals surface area contributed by atoms with Crippen LogP contribution in [0.5, 0.6) is 5.75 Å². The van der Waals surface area contributed by atoms with Crippen molar-refractivity contribution >= 4 is 5.82 Å². The molecule has 1 aromatic heterocycles. The summed E-state index contributed by atoms with van der Waals surface area (Å²) in [6.07, 6.45) is 1.47. The second kappa shape index (κ2) is 4.82. The molecule has 2 rings (SSSR count). The van der Waals surface area contributed by atoms with Crippen LogP contribution in [0.1, 0.15) is 12.5 Å². The molecular weight excluding hydrogens is 214 g/mol. The monoisotopic (exact) mass is 229 g/mol. The SMILES string of the molecule is CCOc1ccc(-c2cc(N)ncn2)cc1C. The minimum atomic E-state index is 0.474. The van der Waals surface area contributed by atoms with Gasteiger partial charge in [-0.05, 0) is 37.6 Å². The number of anilines is 1. The molecule has 0 amide bonds. The van der Waals surface area contributed by atoms with E-state index in [0.717, 1.165) is 22.6 Å². The second-order valence-electron chi connectivity index (χ2n) is 3.74. The number of rotatable bonds is 3. The number of ether oxygens (including phenoxy) is 1. The predicted molar refractivity (Wildman–Crippen MR) is 67.8 cm³/mol. The molecule has 0 spiro atoms. The van der Waals surface area contributed by atoms with Crippen molar-refractivity contribution in [3.8, 4) is 17.0 Å². The Hall–Kier alpha value is -2.10. The number of aromatic nitrogens is 2. The fourth-order valence-corrected chi connectivity index (χ4v) is 1.66. The molecule has 88 valence electrons. The zero-order valence-electron chi connectivity index (χ0n) is 9.97. The summed E-state index contributed by atoms with van der Waals surface area (Å²) in [6, 6.07) is 7.72. The van der Waals surface area contributed by atoms with E-state index in [4.69, 9.17) is 10.5 Å². The molecule has 0 atom stereocenters. The topological polar surface area (TPSA) is 61.0 Å². The number of nitrogen functional groups attached to an aromatic ring is 1. The molecule has 1 heterocycles. The van der Waals surface area contributed by atoms with Crippen molar-refractivity contribution in [1.29, 1.82) is 0 Å². The Bertz CT molecular complexity index is 526. The summed E-state index contributed by atoms with van der Waals surface area (Å²) in [5.74, 6) is 1.37. The Labute approximate surface area is 100 Å². The molecule has 0 bridgehead atoms. The van der Waals surface area contributed by atoms with Crippen molar-refractivity contribution in [3.63, 3.8) is 0 Å². The van der Waals surface area contributed by atoms with Crippen LogP contribution in [0.15, 0.2) is 30.6 Å². The summed E-state index contributed by atoms with van der Waals surface area (Å²) in [5.41, 5.74) is 8.56. The Balaban J connectivity index is 2.37. The first-order chi connectivity index (χ1) is 8.20. The van der Waals surface area contributed by atoms with E-state index in [9.17, 15) is 0 Å². The molecule has 1 aromatic carbocycles. The van der Waals surface area contributed by atoms with Gasteiger partial charge in [0.25, 0.3) is 0 Å². The van der Waals surface area contributed by atoms with E-state index in [2.05, 4.69) is 9.97 Å². The van der Waals surface area contributed by atoms with Crippen LogP contribution >= 0.6 is 0 Å². The molecule has 0 aliphatic carbocycles. The van der Waals surface area contributed by atoms with E-state index in [1.165, 1.54) is 6.33 Å². The van der Waals surface area contributed by atoms with Gasteiger partial charge >= 0.3 is 0 Å². The lowest BCUT2D eigenvalue weighted by Gasteiger charge is -2.08. The van der Waals surface area contributed by atoms with Gasteiger partial charge in [-0.1, -0.05) is 0 Å². The van der Waals surface area contributed by atoms with Gasteiger partial charge < -0.3 is 10.5 Å². The van der Waals surface area contributed by atoms with Crippen LogP contribution in [0.4, 0.5) is 5.82 Å². The molecule has 0 radical (unpaired) electrons. The van der Waals surface area contributed by atoms with Crippen LogP contribution in [-0.2, 0) is 0 Å². The van der Waals surface area contributed by atoms with Gasteiger partial charge in [-0.3, -0.25) is 0 Å². The van der Waals surface area contributed by atoms with Crippen molar-refractivity contribution in [3.05, 3.63) is 36.2 Å². The lowest BCUT2D eigenvalue weighted by atomic mass is 10.1. The van der Waals surface area contributed by atoms with Gasteiger partial charge in [0.1, 0.15) is 17.9 Å². The minimum Gasteiger partial charge on any atom is -0.494 e. The van der Waals surface area contributed by atoms with Crippen LogP contribution in [-0.4, -0.2) is 16.6 Å². The normalized spacial score (nSPS) is 10.2. The average molecular weight is 229 g/mol. The van der Waals surface area contributed by atoms with Gasteiger partial charge in [-0.2, -0.15) is 0 Å². The third kappa shape index (κ3) is 2.53. The first kappa shape index (κ1) is 11.4. The van der Waals surface area contributed by atoms with Crippen molar-refractivity contribution in [2.45, 2.75) is 13.8 Å². The highest BCUT2D eigenvalue weighted by Gasteiger charge is 2.04. The Morgan fingerprint density at radius 3 is 2.71 bits per heavy atom. The first-order valence-corrected chi connectivity index (χ1v) is 5.52. The number of aryl methyl sites for hydroxylation is 1. The maximum Gasteiger partial charge on any atom is 0.127 e. The average Bonchev–Trinajstić information content (AvgIpc) is 2.32. The molecule has 4 heteroatoms. The highest BCUT2D eigenvalue weighted by molar-refractivity contribution is 5.63. The van der Waals surface area contributed by atoms with Gasteiger partial charge in [0, 0.05) is 11.6 Å². The lowest BCUT2D eigenvalue weighted by molar-refractivity contribution is 0.338. The molecule has 0 saturated carbocycles. The Kier molecular flexibility index (Phi) is 3.23. The molecule has 2 N–H and O–H groups in total. The van der Waals surface area contributed by atoms with E-state index >= 15 is 0 Å². The highest BCUT2D eigenvalue weighted by Crippen LogP contribution is 2.25. The summed E-state index contributed by atoms with van der Waals surface area (Å²) < 4.78 is 5.49. The van der Waals surface area contributed by atoms with E-state index in [1.54, 1.807) is 6.07 Å². The molecule has 0 aliphatic rings. The summed E-state index contributed by atoms with van der Waals surface area (Å²) in [5, 5.41) is 0. The van der Waals surface area contributed by atoms with Crippen LogP contribution in [0.25, 0.3) is 11.3 Å². The van der Waals surface area contributed by atoms with Gasteiger partial charge in [0.15, 0.2) is 0 Å². The van der Waals surface area contributed by atoms with Crippen LogP contribution < -0.4 is 10.5 Å². The maximum absolute atomic E-state index is 5.64. The second-order valence-corrected chi connectivity index (χ2v) is 3.74. The number of nitrogens with two attached hydrogens (primary N) is 1. The Morgan fingerprint density at radius 2 is 2.06 bits per heavy atom. The standard InChI is InChI=1S/C13H15N3O/c1-3-17-12-5-4-10(6-9(12)2)11-7-13(14)16-8-15-11/h4-8H,3H2,1-2H3,(H2,14,15,16). The minimum absolute atomic E-state index is 0.474. The number of hydrogen-bond donors (Lipinski definition) is 1. The van der Waals surface area contributed by atoms with Crippen LogP contribution in [0.2, 0.25) is 0 Å². The van der Waals surface area contributed by atoms with E-state index in [0.29, 0.717) is 12.4 Å². The largest absolute Gasteiger partial charge is 0.494 e. The smallest absolute Gasteiger partial charge is 0.127 e. The molecule has 0 fully saturated rings. The summed E-state index contributed by atoms with van der Waals surface area (Å²) in [7, 11) is 0. The molecule has 2 aromatic rings. The third-order valence-corrected chi connectivity index (χ3v) is 2.46. The third-order valence-electron chi connectivity index (χ3n) is 2.46. The zero-order valence-corrected chi connectivity index (χ0v) is 9.97. The quantitative estimate of drug-likeness (QED) is 0.878. The van der Waals surface area contributed by atoms with Crippen LogP contribution in [0.3, 0.4) is 0 Å². The number of hydrogen-bond acceptors (Lipinski definition) is 4. The fourth-order valence-electron chi connectivity index (χ4n) is 1.66. The van der Waals surface area contributed by atoms with E-state index in [-0.39, 0.29) is 0 Å². The first-order valence-electron chi connectivity index (χ1n) is 5.52. The fraction of sp³-hybridized carbons (Fsp3) is 0.231. The summed E-state index contributed by atoms with van der Waals surface area (Å²) >= 11 is 0. The van der Waals surface area contributed by atoms with Crippen LogP contribution in [0, 0.1) is 6.92 Å². The van der Waals surface area contributed by atoms with E-state index in [1.807, 2.05) is 32.0 Å². The number of benzene rings is 1. The zero-order chi connectivity index (χ0) is 12.3. The van der Waals surface area contributed by atoms with Gasteiger partial charge in [0.2, 0.25) is 0 Å². The molecule has 17 heavy (non-hydrogen) atoms. The van der Waals surface area contributed by atoms with Crippen molar-refractivity contribution in [2.75, 3.05) is 12.3 Å². The molecule has 4 nitrogen and oxygen atoms in total. The lowest BCUT2D eigenvalue weighted by Crippen LogP contribution is -1.95. The van der Waals surface area contributed by atoms with Gasteiger partial charge in [0.05, 0.1) is 12.3 Å². The van der Waals surface area contributed by atoms with Crippen molar-refractivity contribution < 1.29 is 4.74 Å². The van der Waals surface area contributed by atoms with Gasteiger partial charge in [-0.25, -0.2) is 9.97 Å². The Morgan fingerprint density at radius 1 is 1.24 bits per heavy atom. The summed E-state index contributed by atoms with van der Waals surface area (Å²) in [6.45, 7) is 4.65. The highest BCUT2D eigenvalue weighted by atomic mass is 16.5. The van der Waals surface area contributed by atoms with Crippen molar-refractivity contribution in [2.24, 2.45) is 0 Å². The summed E-state index contributed by atoms with van der Waals surface area (Å²) in [4.78, 5) is 8.07. The predicted octanol–water partition coefficient (Wildman–Crippen LogP) is 2.43. The molecular formula is C13H15N3O. The van der Waals surface area contributed by atoms with Crippen molar-refractivity contribution in [1.82, 2.24) is 9.97 Å². The molecule has 0 unspecified atom stereocenters. The van der Waals surface area contributed by atoms with E-state index < -0.39 is 0 Å². The maximum atomic E-state index is 5.64.